The van der Waals surface area contributed by atoms with Gasteiger partial charge in [-0.15, -0.1) is 0 Å². The second-order valence-electron chi connectivity index (χ2n) is 23.1. The number of hydrogen-bond donors (Lipinski definition) is 0. The minimum absolute atomic E-state index is 0.0858. The van der Waals surface area contributed by atoms with Crippen LogP contribution < -0.4 is 0 Å². The third-order valence-electron chi connectivity index (χ3n) is 15.3. The summed E-state index contributed by atoms with van der Waals surface area (Å²) in [6.45, 7) is 6.54. The molecule has 6 nitrogen and oxygen atoms in total. The normalized spacial score (nSPS) is 12.4. The summed E-state index contributed by atoms with van der Waals surface area (Å²) >= 11 is 0. The Kier molecular flexibility index (Phi) is 64.2. The van der Waals surface area contributed by atoms with E-state index in [2.05, 4.69) is 81.5 Å². The van der Waals surface area contributed by atoms with Gasteiger partial charge in [-0.3, -0.25) is 14.4 Å². The van der Waals surface area contributed by atoms with Crippen molar-refractivity contribution in [3.63, 3.8) is 0 Å². The quantitative estimate of drug-likeness (QED) is 0.0261. The lowest BCUT2D eigenvalue weighted by Gasteiger charge is -2.18. The van der Waals surface area contributed by atoms with E-state index >= 15 is 0 Å². The van der Waals surface area contributed by atoms with Crippen molar-refractivity contribution >= 4 is 17.9 Å². The maximum atomic E-state index is 12.9. The molecule has 6 heteroatoms. The minimum Gasteiger partial charge on any atom is -0.462 e. The van der Waals surface area contributed by atoms with Gasteiger partial charge >= 0.3 is 17.9 Å². The highest BCUT2D eigenvalue weighted by atomic mass is 16.6. The fourth-order valence-corrected chi connectivity index (χ4v) is 10.1. The summed E-state index contributed by atoms with van der Waals surface area (Å²) in [6.07, 6.45) is 85.4. The molecule has 0 radical (unpaired) electrons. The molecule has 0 rings (SSSR count). The maximum Gasteiger partial charge on any atom is 0.306 e. The summed E-state index contributed by atoms with van der Waals surface area (Å²) in [5, 5.41) is 0. The summed E-state index contributed by atoms with van der Waals surface area (Å²) < 4.78 is 16.9. The highest BCUT2D eigenvalue weighted by Gasteiger charge is 2.19. The lowest BCUT2D eigenvalue weighted by Crippen LogP contribution is -2.30. The van der Waals surface area contributed by atoms with E-state index in [-0.39, 0.29) is 31.1 Å². The van der Waals surface area contributed by atoms with Gasteiger partial charge in [0.15, 0.2) is 6.10 Å². The molecule has 0 spiro atoms. The van der Waals surface area contributed by atoms with E-state index in [1.807, 2.05) is 0 Å². The lowest BCUT2D eigenvalue weighted by molar-refractivity contribution is -0.167. The van der Waals surface area contributed by atoms with Gasteiger partial charge in [-0.05, 0) is 83.5 Å². The Hall–Kier alpha value is -2.89. The average molecular weight is 1090 g/mol. The van der Waals surface area contributed by atoms with Gasteiger partial charge in [0.1, 0.15) is 13.2 Å². The fourth-order valence-electron chi connectivity index (χ4n) is 10.1. The molecule has 0 bridgehead atoms. The molecule has 0 aliphatic rings. The Balaban J connectivity index is 4.27. The smallest absolute Gasteiger partial charge is 0.306 e. The molecule has 0 aromatic rings. The summed E-state index contributed by atoms with van der Waals surface area (Å²) in [7, 11) is 0. The molecule has 0 saturated heterocycles. The van der Waals surface area contributed by atoms with Crippen molar-refractivity contribution in [2.45, 2.75) is 367 Å². The molecule has 454 valence electrons. The summed E-state index contributed by atoms with van der Waals surface area (Å²) in [5.41, 5.74) is 0. The molecule has 0 saturated carbocycles. The number of esters is 3. The van der Waals surface area contributed by atoms with Crippen LogP contribution in [0.3, 0.4) is 0 Å². The first-order chi connectivity index (χ1) is 38.5. The van der Waals surface area contributed by atoms with E-state index < -0.39 is 6.10 Å². The molecular formula is C72H130O6. The van der Waals surface area contributed by atoms with Crippen LogP contribution in [0.15, 0.2) is 60.8 Å². The van der Waals surface area contributed by atoms with E-state index in [1.54, 1.807) is 0 Å². The van der Waals surface area contributed by atoms with Crippen LogP contribution >= 0.6 is 0 Å². The van der Waals surface area contributed by atoms with Gasteiger partial charge in [0.25, 0.3) is 0 Å². The highest BCUT2D eigenvalue weighted by molar-refractivity contribution is 5.71. The van der Waals surface area contributed by atoms with Crippen LogP contribution in [0, 0.1) is 0 Å². The number of carbonyl (C=O) groups is 3. The molecule has 0 aliphatic heterocycles. The number of rotatable bonds is 63. The van der Waals surface area contributed by atoms with Crippen LogP contribution in [0.5, 0.6) is 0 Å². The largest absolute Gasteiger partial charge is 0.462 e. The van der Waals surface area contributed by atoms with Crippen molar-refractivity contribution in [3.8, 4) is 0 Å². The molecule has 1 unspecified atom stereocenters. The second kappa shape index (κ2) is 66.6. The third kappa shape index (κ3) is 63.9. The minimum atomic E-state index is -0.793. The first-order valence-corrected chi connectivity index (χ1v) is 34.3. The van der Waals surface area contributed by atoms with Gasteiger partial charge in [0.2, 0.25) is 0 Å². The average Bonchev–Trinajstić information content (AvgIpc) is 3.44. The van der Waals surface area contributed by atoms with Crippen LogP contribution in [-0.4, -0.2) is 37.2 Å². The summed E-state index contributed by atoms with van der Waals surface area (Å²) in [4.78, 5) is 38.4. The highest BCUT2D eigenvalue weighted by Crippen LogP contribution is 2.18. The molecule has 0 N–H and O–H groups in total. The van der Waals surface area contributed by atoms with Crippen molar-refractivity contribution in [1.29, 1.82) is 0 Å². The number of allylic oxidation sites excluding steroid dienone is 10. The van der Waals surface area contributed by atoms with Crippen LogP contribution in [-0.2, 0) is 28.6 Å². The maximum absolute atomic E-state index is 12.9. The van der Waals surface area contributed by atoms with Crippen molar-refractivity contribution in [2.24, 2.45) is 0 Å². The predicted octanol–water partition coefficient (Wildman–Crippen LogP) is 23.5. The molecule has 0 aromatic heterocycles. The molecule has 0 aromatic carbocycles. The van der Waals surface area contributed by atoms with E-state index in [0.29, 0.717) is 19.3 Å². The Bertz CT molecular complexity index is 1390. The predicted molar refractivity (Wildman–Crippen MR) is 339 cm³/mol. The molecule has 0 aliphatic carbocycles. The summed E-state index contributed by atoms with van der Waals surface area (Å²) in [6, 6.07) is 0. The van der Waals surface area contributed by atoms with Crippen LogP contribution in [0.1, 0.15) is 361 Å². The van der Waals surface area contributed by atoms with Crippen molar-refractivity contribution in [2.75, 3.05) is 13.2 Å². The summed E-state index contributed by atoms with van der Waals surface area (Å²) in [5.74, 6) is -0.913. The van der Waals surface area contributed by atoms with Crippen molar-refractivity contribution < 1.29 is 28.6 Å². The van der Waals surface area contributed by atoms with Gasteiger partial charge in [0.05, 0.1) is 0 Å². The van der Waals surface area contributed by atoms with E-state index in [4.69, 9.17) is 14.2 Å². The first kappa shape index (κ1) is 75.1. The number of ether oxygens (including phenoxy) is 3. The SMILES string of the molecule is CC/C=C\C/C=C\C/C=C\C/C=C\CCCCC(=O)OCC(COC(=O)CCCCCCCCCCCCCCCCCCCCCCCCCCCCC)OC(=O)CCCCCCCCC/C=C\CCCCCCCCC. The Morgan fingerprint density at radius 2 is 0.500 bits per heavy atom. The van der Waals surface area contributed by atoms with Gasteiger partial charge in [-0.25, -0.2) is 0 Å². The zero-order valence-electron chi connectivity index (χ0n) is 52.2. The van der Waals surface area contributed by atoms with E-state index in [1.165, 1.54) is 238 Å². The van der Waals surface area contributed by atoms with Gasteiger partial charge in [-0.1, -0.05) is 319 Å². The number of unbranched alkanes of at least 4 members (excludes halogenated alkanes) is 42. The van der Waals surface area contributed by atoms with Crippen molar-refractivity contribution in [1.82, 2.24) is 0 Å². The Labute approximate surface area is 485 Å². The van der Waals surface area contributed by atoms with Crippen molar-refractivity contribution in [3.05, 3.63) is 60.8 Å². The molecule has 0 amide bonds. The fraction of sp³-hybridized carbons (Fsp3) is 0.819. The van der Waals surface area contributed by atoms with Crippen LogP contribution in [0.25, 0.3) is 0 Å². The van der Waals surface area contributed by atoms with E-state index in [0.717, 1.165) is 83.5 Å². The molecule has 0 fully saturated rings. The zero-order chi connectivity index (χ0) is 56.4. The molecule has 1 atom stereocenters. The van der Waals surface area contributed by atoms with E-state index in [9.17, 15) is 14.4 Å². The molecular weight excluding hydrogens is 961 g/mol. The van der Waals surface area contributed by atoms with Crippen LogP contribution in [0.2, 0.25) is 0 Å². The van der Waals surface area contributed by atoms with Crippen LogP contribution in [0.4, 0.5) is 0 Å². The molecule has 0 heterocycles. The number of carbonyl (C=O) groups excluding carboxylic acids is 3. The number of hydrogen-bond acceptors (Lipinski definition) is 6. The van der Waals surface area contributed by atoms with Gasteiger partial charge in [0, 0.05) is 19.3 Å². The van der Waals surface area contributed by atoms with Gasteiger partial charge in [-0.2, -0.15) is 0 Å². The monoisotopic (exact) mass is 1090 g/mol. The second-order valence-corrected chi connectivity index (χ2v) is 23.1. The third-order valence-corrected chi connectivity index (χ3v) is 15.3. The molecule has 78 heavy (non-hydrogen) atoms. The Morgan fingerprint density at radius 3 is 0.821 bits per heavy atom. The Morgan fingerprint density at radius 1 is 0.269 bits per heavy atom. The first-order valence-electron chi connectivity index (χ1n) is 34.3. The topological polar surface area (TPSA) is 78.9 Å². The zero-order valence-corrected chi connectivity index (χ0v) is 52.2. The lowest BCUT2D eigenvalue weighted by atomic mass is 10.0. The standard InChI is InChI=1S/C72H130O6/c1-4-7-10-13-16-19-22-25-28-30-32-33-34-35-36-37-38-39-40-42-44-47-50-53-56-59-62-65-71(74)77-68-69(67-76-70(73)64-61-58-55-52-49-46-43-27-24-21-18-15-12-9-6-3)78-72(75)66-63-60-57-54-51-48-45-41-31-29-26-23-20-17-14-11-8-5-2/h9,12,18,21,27,29,31,43,49,52,69H,4-8,10-11,13-17,19-20,22-26,28,30,32-42,44-48,50-51,53-68H2,1-3H3/b12-9-,21-18-,31-29-,43-27-,52-49-. The van der Waals surface area contributed by atoms with Gasteiger partial charge < -0.3 is 14.2 Å².